The van der Waals surface area contributed by atoms with Crippen LogP contribution in [0.15, 0.2) is 48.7 Å². The van der Waals surface area contributed by atoms with Gasteiger partial charge in [-0.25, -0.2) is 0 Å². The fraction of sp³-hybridized carbons (Fsp3) is 0.190. The van der Waals surface area contributed by atoms with Gasteiger partial charge in [-0.2, -0.15) is 5.10 Å². The molecule has 0 aliphatic carbocycles. The van der Waals surface area contributed by atoms with Crippen molar-refractivity contribution in [1.82, 2.24) is 15.1 Å². The highest BCUT2D eigenvalue weighted by molar-refractivity contribution is 6.42. The Balaban J connectivity index is 1.74. The van der Waals surface area contributed by atoms with E-state index >= 15 is 0 Å². The Morgan fingerprint density at radius 2 is 1.90 bits per heavy atom. The van der Waals surface area contributed by atoms with Crippen molar-refractivity contribution < 1.29 is 14.3 Å². The van der Waals surface area contributed by atoms with Crippen LogP contribution in [0.1, 0.15) is 33.3 Å². The van der Waals surface area contributed by atoms with E-state index in [-0.39, 0.29) is 24.1 Å². The first-order chi connectivity index (χ1) is 14.4. The number of benzene rings is 2. The highest BCUT2D eigenvalue weighted by Crippen LogP contribution is 2.32. The van der Waals surface area contributed by atoms with Crippen molar-refractivity contribution in [2.45, 2.75) is 20.1 Å². The normalized spacial score (nSPS) is 10.5. The predicted octanol–water partition coefficient (Wildman–Crippen LogP) is 4.40. The predicted molar refractivity (Wildman–Crippen MR) is 116 cm³/mol. The molecule has 1 heterocycles. The number of rotatable bonds is 7. The first-order valence-electron chi connectivity index (χ1n) is 9.19. The van der Waals surface area contributed by atoms with Gasteiger partial charge in [0.05, 0.1) is 10.7 Å². The summed E-state index contributed by atoms with van der Waals surface area (Å²) < 4.78 is 7.31. The molecule has 0 bridgehead atoms. The molecule has 2 amide bonds. The Morgan fingerprint density at radius 3 is 2.63 bits per heavy atom. The summed E-state index contributed by atoms with van der Waals surface area (Å²) in [4.78, 5) is 24.8. The molecule has 0 aliphatic heterocycles. The van der Waals surface area contributed by atoms with Crippen LogP contribution in [0, 0.1) is 0 Å². The van der Waals surface area contributed by atoms with Gasteiger partial charge in [-0.05, 0) is 36.8 Å². The highest BCUT2D eigenvalue weighted by Gasteiger charge is 2.18. The minimum Gasteiger partial charge on any atom is -0.487 e. The molecule has 0 fully saturated rings. The fourth-order valence-corrected chi connectivity index (χ4v) is 3.06. The van der Waals surface area contributed by atoms with E-state index in [1.807, 2.05) is 13.0 Å². The number of anilines is 1. The van der Waals surface area contributed by atoms with Crippen LogP contribution in [0.3, 0.4) is 0 Å². The van der Waals surface area contributed by atoms with Crippen molar-refractivity contribution in [2.24, 2.45) is 0 Å². The Bertz CT molecular complexity index is 1080. The second kappa shape index (κ2) is 9.65. The first kappa shape index (κ1) is 21.7. The Kier molecular flexibility index (Phi) is 6.97. The number of nitrogens with one attached hydrogen (secondary N) is 2. The van der Waals surface area contributed by atoms with Gasteiger partial charge in [0.1, 0.15) is 17.4 Å². The number of nitrogens with zero attached hydrogens (tertiary/aromatic N) is 2. The van der Waals surface area contributed by atoms with Crippen LogP contribution in [-0.4, -0.2) is 28.6 Å². The van der Waals surface area contributed by atoms with E-state index in [4.69, 9.17) is 27.9 Å². The smallest absolute Gasteiger partial charge is 0.273 e. The van der Waals surface area contributed by atoms with Crippen LogP contribution in [0.25, 0.3) is 0 Å². The zero-order chi connectivity index (χ0) is 21.7. The van der Waals surface area contributed by atoms with Crippen LogP contribution < -0.4 is 15.4 Å². The number of amides is 2. The number of aromatic nitrogens is 2. The third-order valence-electron chi connectivity index (χ3n) is 4.28. The largest absolute Gasteiger partial charge is 0.487 e. The summed E-state index contributed by atoms with van der Waals surface area (Å²) >= 11 is 12.1. The lowest BCUT2D eigenvalue weighted by molar-refractivity contribution is 0.0958. The van der Waals surface area contributed by atoms with Crippen molar-refractivity contribution >= 4 is 40.7 Å². The Hall–Kier alpha value is -3.03. The molecule has 9 heteroatoms. The molecule has 30 heavy (non-hydrogen) atoms. The third-order valence-corrected chi connectivity index (χ3v) is 5.08. The maximum atomic E-state index is 12.7. The summed E-state index contributed by atoms with van der Waals surface area (Å²) in [7, 11) is 1.51. The molecule has 3 rings (SSSR count). The first-order valence-corrected chi connectivity index (χ1v) is 9.95. The van der Waals surface area contributed by atoms with Crippen molar-refractivity contribution in [1.29, 1.82) is 0 Å². The summed E-state index contributed by atoms with van der Waals surface area (Å²) in [5.74, 6) is -0.280. The van der Waals surface area contributed by atoms with Crippen LogP contribution in [0.5, 0.6) is 5.75 Å². The molecule has 0 aliphatic rings. The number of ether oxygens (including phenoxy) is 1. The fourth-order valence-electron chi connectivity index (χ4n) is 2.71. The zero-order valence-electron chi connectivity index (χ0n) is 16.4. The highest BCUT2D eigenvalue weighted by atomic mass is 35.5. The van der Waals surface area contributed by atoms with Crippen molar-refractivity contribution in [3.05, 3.63) is 75.5 Å². The van der Waals surface area contributed by atoms with Gasteiger partial charge < -0.3 is 15.4 Å². The van der Waals surface area contributed by atoms with E-state index in [9.17, 15) is 9.59 Å². The van der Waals surface area contributed by atoms with E-state index in [1.54, 1.807) is 47.3 Å². The molecule has 1 aromatic heterocycles. The van der Waals surface area contributed by atoms with Gasteiger partial charge in [-0.3, -0.25) is 14.3 Å². The molecular formula is C21H20Cl2N4O3. The Morgan fingerprint density at radius 1 is 1.13 bits per heavy atom. The third kappa shape index (κ3) is 4.93. The number of hydrogen-bond acceptors (Lipinski definition) is 4. The van der Waals surface area contributed by atoms with Crippen LogP contribution in [0.2, 0.25) is 10.0 Å². The van der Waals surface area contributed by atoms with Crippen LogP contribution in [0.4, 0.5) is 5.69 Å². The maximum Gasteiger partial charge on any atom is 0.273 e. The quantitative estimate of drug-likeness (QED) is 0.562. The number of carbonyl (C=O) groups excluding carboxylic acids is 2. The second-order valence-electron chi connectivity index (χ2n) is 6.32. The second-order valence-corrected chi connectivity index (χ2v) is 7.11. The lowest BCUT2D eigenvalue weighted by Crippen LogP contribution is -2.21. The molecular weight excluding hydrogens is 427 g/mol. The molecule has 0 unspecified atom stereocenters. The molecule has 0 saturated heterocycles. The molecule has 2 N–H and O–H groups in total. The summed E-state index contributed by atoms with van der Waals surface area (Å²) in [5, 5.41) is 10.2. The van der Waals surface area contributed by atoms with E-state index in [1.165, 1.54) is 7.05 Å². The van der Waals surface area contributed by atoms with Crippen LogP contribution in [-0.2, 0) is 13.2 Å². The summed E-state index contributed by atoms with van der Waals surface area (Å²) in [6.07, 6.45) is 1.62. The zero-order valence-corrected chi connectivity index (χ0v) is 17.9. The summed E-state index contributed by atoms with van der Waals surface area (Å²) in [5.41, 5.74) is 1.69. The standard InChI is InChI=1S/C21H20Cl2N4O3/c1-3-27-11-16(19(26-27)21(29)24-2)25-20(28)14-7-4-6-13(10-14)12-30-17-9-5-8-15(22)18(17)23/h4-11H,3,12H2,1-2H3,(H,24,29)(H,25,28). The minimum atomic E-state index is -0.377. The van der Waals surface area contributed by atoms with Crippen LogP contribution >= 0.6 is 23.2 Å². The van der Waals surface area contributed by atoms with E-state index in [0.717, 1.165) is 5.56 Å². The van der Waals surface area contributed by atoms with Gasteiger partial charge in [-0.1, -0.05) is 41.4 Å². The number of halogens is 2. The molecule has 2 aromatic carbocycles. The van der Waals surface area contributed by atoms with Gasteiger partial charge in [0.2, 0.25) is 0 Å². The average molecular weight is 447 g/mol. The van der Waals surface area contributed by atoms with Gasteiger partial charge in [-0.15, -0.1) is 0 Å². The monoisotopic (exact) mass is 446 g/mol. The van der Waals surface area contributed by atoms with Crippen molar-refractivity contribution in [3.63, 3.8) is 0 Å². The van der Waals surface area contributed by atoms with Gasteiger partial charge in [0.25, 0.3) is 11.8 Å². The molecule has 156 valence electrons. The molecule has 3 aromatic rings. The molecule has 0 radical (unpaired) electrons. The molecule has 0 atom stereocenters. The van der Waals surface area contributed by atoms with Crippen molar-refractivity contribution in [3.8, 4) is 5.75 Å². The van der Waals surface area contributed by atoms with Crippen molar-refractivity contribution in [2.75, 3.05) is 12.4 Å². The van der Waals surface area contributed by atoms with Gasteiger partial charge >= 0.3 is 0 Å². The Labute approximate surface area is 183 Å². The maximum absolute atomic E-state index is 12.7. The number of hydrogen-bond donors (Lipinski definition) is 2. The van der Waals surface area contributed by atoms with Gasteiger partial charge in [0, 0.05) is 25.4 Å². The molecule has 0 saturated carbocycles. The SMILES string of the molecule is CCn1cc(NC(=O)c2cccc(COc3cccc(Cl)c3Cl)c2)c(C(=O)NC)n1. The van der Waals surface area contributed by atoms with Gasteiger partial charge in [0.15, 0.2) is 5.69 Å². The lowest BCUT2D eigenvalue weighted by atomic mass is 10.1. The van der Waals surface area contributed by atoms with E-state index in [0.29, 0.717) is 33.6 Å². The minimum absolute atomic E-state index is 0.155. The summed E-state index contributed by atoms with van der Waals surface area (Å²) in [6, 6.07) is 12.1. The molecule has 0 spiro atoms. The van der Waals surface area contributed by atoms with E-state index in [2.05, 4.69) is 15.7 Å². The number of carbonyl (C=O) groups is 2. The summed E-state index contributed by atoms with van der Waals surface area (Å²) in [6.45, 7) is 2.67. The molecule has 7 nitrogen and oxygen atoms in total. The van der Waals surface area contributed by atoms with E-state index < -0.39 is 0 Å². The average Bonchev–Trinajstić information content (AvgIpc) is 3.17. The number of aryl methyl sites for hydroxylation is 1. The topological polar surface area (TPSA) is 85.2 Å². The lowest BCUT2D eigenvalue weighted by Gasteiger charge is -2.10.